The van der Waals surface area contributed by atoms with E-state index in [-0.39, 0.29) is 137 Å². The normalized spacial score (nSPS) is 11.2. The molecule has 4 aliphatic rings. The molecule has 0 aliphatic carbocycles. The predicted molar refractivity (Wildman–Crippen MR) is 399 cm³/mol. The molecule has 7 rings (SSSR count). The first-order chi connectivity index (χ1) is 46.4. The van der Waals surface area contributed by atoms with Crippen LogP contribution in [0.25, 0.3) is 0 Å². The van der Waals surface area contributed by atoms with Crippen LogP contribution < -0.4 is 41.7 Å². The maximum atomic E-state index is 11.6. The van der Waals surface area contributed by atoms with Crippen molar-refractivity contribution in [3.8, 4) is 18.7 Å². The summed E-state index contributed by atoms with van der Waals surface area (Å²) in [7, 11) is -11.9. The number of hydrogen-bond donors (Lipinski definition) is 5. The van der Waals surface area contributed by atoms with Crippen LogP contribution in [0.15, 0.2) is 183 Å². The Balaban J connectivity index is -0.0000000574. The fourth-order valence-electron chi connectivity index (χ4n) is 6.40. The maximum absolute atomic E-state index is 11.6. The molecule has 0 bridgehead atoms. The van der Waals surface area contributed by atoms with Gasteiger partial charge < -0.3 is 36.5 Å². The number of allylic oxidation sites excluding steroid dienone is 9. The van der Waals surface area contributed by atoms with Crippen molar-refractivity contribution in [2.45, 2.75) is 98.0 Å². The summed E-state index contributed by atoms with van der Waals surface area (Å²) in [5, 5.41) is 48.5. The Bertz CT molecular complexity index is 3500. The third-order valence-electron chi connectivity index (χ3n) is 12.3. The average molecular weight is 1770 g/mol. The predicted octanol–water partition coefficient (Wildman–Crippen LogP) is 7.45. The SMILES string of the molecule is C#N.CC#N.CC#N.CC(C)(C)[Si](C)(C)N1[B]C=CC=C1S(N)(=O)=O.CC(C)(C)[Si](C)(C)N1[B]C=CC=C1S(N)(=O)=O.NS(=O)(=O)C1=CC=C[B]C1.NS(=O)(=O)C1=CC=C[B]N1.[C-]#[O+].[C-]#[O+].[C-]#[O+].[C-]#[O+].[C-]#[O+].[C-]#[O+].[C-]#[O+].[C-]#[O+].[C-]#[O+].[CH3-].[CH3-].[CH3-].[Cr].[Cr].[Cr].[Y].c1ccc(P(c2ccccc2)c2ccccc2)cc1. The number of nitrogens with one attached hydrogen (secondary N) is 1. The van der Waals surface area contributed by atoms with Crippen molar-refractivity contribution in [3.05, 3.63) is 266 Å². The Morgan fingerprint density at radius 3 is 0.877 bits per heavy atom. The molecule has 106 heavy (non-hydrogen) atoms. The van der Waals surface area contributed by atoms with E-state index in [9.17, 15) is 33.7 Å². The molecule has 4 heterocycles. The van der Waals surface area contributed by atoms with Crippen LogP contribution >= 0.6 is 7.92 Å². The minimum atomic E-state index is -3.68. The van der Waals surface area contributed by atoms with Crippen molar-refractivity contribution in [2.75, 3.05) is 0 Å². The quantitative estimate of drug-likeness (QED) is 0.0601. The van der Waals surface area contributed by atoms with Crippen LogP contribution in [0.1, 0.15) is 55.4 Å². The van der Waals surface area contributed by atoms with E-state index in [1.54, 1.807) is 67.8 Å². The minimum absolute atomic E-state index is 0. The van der Waals surface area contributed by atoms with E-state index < -0.39 is 64.5 Å². The maximum Gasteiger partial charge on any atom is 0 e. The zero-order valence-corrected chi connectivity index (χ0v) is 73.9. The van der Waals surface area contributed by atoms with Crippen molar-refractivity contribution in [2.24, 2.45) is 20.6 Å². The van der Waals surface area contributed by atoms with Crippen LogP contribution in [0.4, 0.5) is 0 Å². The van der Waals surface area contributed by atoms with Crippen molar-refractivity contribution >= 4 is 110 Å². The molecule has 0 amide bonds. The minimum Gasteiger partial charge on any atom is -0.358 e. The number of sulfonamides is 4. The topological polar surface area (TPSA) is 510 Å². The van der Waals surface area contributed by atoms with Gasteiger partial charge in [-0.05, 0) is 64.5 Å². The third kappa shape index (κ3) is 62.5. The molecule has 0 atom stereocenters. The molecule has 27 nitrogen and oxygen atoms in total. The standard InChI is InChI=1S/C18H15P.2C10H20BN2O2SSi.C5H7BNO2S.C4H6BN2O2S.2C2H3N.CHN.9CO.3CH3.3Cr.Y/c1-4-10-16(11-5-1)19(17-12-6-2-7-13-17)18-14-8-3-9-15-18;2*1-10(2,3)17(4,5)13-9(16(12,14)15)7-6-8-11-13;7-10(8,9)5-2-1-3-6-4-5;6-10(8,9)4-2-1-3-5-7-4;2*1-2-3;10*1-2;;;;;;;/h1-15H;2*6-8H,1-5H3,(H2,12,14,15);1-3H,4H2,(H2,7,8,9);1-3,7H,(H2,6,8,9);2*1H3;1H;;;;;;;;;;3*1H3;;;;/q;;;;;;;;;;;;;;;;;3*-1;;;;. The average Bonchev–Trinajstić information content (AvgIpc) is 0.778. The Kier molecular flexibility index (Phi) is 113. The molecule has 0 unspecified atom stereocenters. The molecule has 0 fully saturated rings. The second-order valence-corrected chi connectivity index (χ2v) is 38.7. The monoisotopic (exact) mass is 1770 g/mol. The van der Waals surface area contributed by atoms with Crippen LogP contribution in [0.5, 0.6) is 0 Å². The van der Waals surface area contributed by atoms with Gasteiger partial charge in [-0.2, -0.15) is 10.5 Å². The van der Waals surface area contributed by atoms with Crippen LogP contribution in [0, 0.1) is 117 Å². The first kappa shape index (κ1) is 143. The number of rotatable bonds is 9. The van der Waals surface area contributed by atoms with Gasteiger partial charge in [-0.1, -0.05) is 201 Å². The Hall–Kier alpha value is -5.43. The number of hydrogen-bond acceptors (Lipinski definition) is 14. The van der Waals surface area contributed by atoms with Crippen LogP contribution in [0.2, 0.25) is 42.6 Å². The molecule has 3 aromatic carbocycles. The second kappa shape index (κ2) is 83.6. The number of nitrogens with two attached hydrogens (primary N) is 4. The van der Waals surface area contributed by atoms with Gasteiger partial charge >= 0.3 is 102 Å². The zero-order chi connectivity index (χ0) is 80.5. The van der Waals surface area contributed by atoms with Gasteiger partial charge in [0.05, 0.1) is 17.0 Å². The molecule has 0 aromatic heterocycles. The summed E-state index contributed by atoms with van der Waals surface area (Å²) in [6, 6.07) is 35.8. The Morgan fingerprint density at radius 2 is 0.708 bits per heavy atom. The largest absolute Gasteiger partial charge is 0.358 e. The third-order valence-corrected chi connectivity index (χ3v) is 29.4. The summed E-state index contributed by atoms with van der Waals surface area (Å²) in [6.45, 7) is 68.2. The van der Waals surface area contributed by atoms with Gasteiger partial charge in [-0.15, -0.1) is 5.98 Å². The molecule has 3 aromatic rings. The summed E-state index contributed by atoms with van der Waals surface area (Å²) in [4.78, 5) is 0.273. The Morgan fingerprint density at radius 1 is 0.462 bits per heavy atom. The van der Waals surface area contributed by atoms with Gasteiger partial charge in [0, 0.05) is 105 Å². The van der Waals surface area contributed by atoms with Crippen molar-refractivity contribution < 1.29 is 160 Å². The van der Waals surface area contributed by atoms with E-state index in [0.717, 1.165) is 0 Å². The van der Waals surface area contributed by atoms with Gasteiger partial charge in [0.25, 0.3) is 52.3 Å². The van der Waals surface area contributed by atoms with Crippen molar-refractivity contribution in [1.29, 1.82) is 15.8 Å². The summed E-state index contributed by atoms with van der Waals surface area (Å²) in [5.74, 6) is 7.15. The van der Waals surface area contributed by atoms with Gasteiger partial charge in [0.1, 0.15) is 38.8 Å². The summed E-state index contributed by atoms with van der Waals surface area (Å²) in [5.41, 5.74) is 0. The van der Waals surface area contributed by atoms with Crippen molar-refractivity contribution in [3.63, 3.8) is 0 Å². The van der Waals surface area contributed by atoms with E-state index >= 15 is 0 Å². The number of nitrogens with zero attached hydrogens (tertiary/aromatic N) is 5. The van der Waals surface area contributed by atoms with E-state index in [1.807, 2.05) is 35.7 Å². The number of primary sulfonamides is 4. The van der Waals surface area contributed by atoms with E-state index in [0.29, 0.717) is 6.32 Å². The fraction of sp³-hybridized carbons (Fsp3) is 0.234. The molecule has 4 aliphatic heterocycles. The molecule has 42 heteroatoms. The van der Waals surface area contributed by atoms with E-state index in [4.69, 9.17) is 78.2 Å². The molecule has 0 saturated carbocycles. The van der Waals surface area contributed by atoms with Gasteiger partial charge in [0.2, 0.25) is 10.0 Å². The molecular formula is C64H84B4Cr3N10O17PS4Si2Y-3. The molecular weight excluding hydrogens is 1680 g/mol. The fourth-order valence-corrected chi connectivity index (χ4v) is 16.8. The smallest absolute Gasteiger partial charge is 0 e. The summed E-state index contributed by atoms with van der Waals surface area (Å²) >= 11 is 0. The number of nitriles is 3. The van der Waals surface area contributed by atoms with Crippen LogP contribution in [-0.4, -0.2) is 88.6 Å². The van der Waals surface area contributed by atoms with E-state index in [1.165, 1.54) is 49.3 Å². The molecule has 5 radical (unpaired) electrons. The summed E-state index contributed by atoms with van der Waals surface area (Å²) in [6.07, 6.45) is 13.1. The molecule has 0 saturated heterocycles. The van der Waals surface area contributed by atoms with E-state index in [2.05, 4.69) is 230 Å². The van der Waals surface area contributed by atoms with Gasteiger partial charge in [-0.3, -0.25) is 0 Å². The van der Waals surface area contributed by atoms with Gasteiger partial charge in [0.15, 0.2) is 0 Å². The molecule has 0 spiro atoms. The van der Waals surface area contributed by atoms with Crippen LogP contribution in [-0.2, 0) is 167 Å². The number of benzene rings is 3. The first-order valence-corrected chi connectivity index (χ1v) is 39.8. The van der Waals surface area contributed by atoms with Gasteiger partial charge in [-0.25, -0.2) is 59.5 Å². The molecule has 9 N–H and O–H groups in total. The zero-order valence-electron chi connectivity index (χ0n) is 61.1. The molecule has 565 valence electrons. The second-order valence-electron chi connectivity index (χ2n) is 20.1. The first-order valence-electron chi connectivity index (χ1n) is 26.4. The summed E-state index contributed by atoms with van der Waals surface area (Å²) < 4.78 is 160. The van der Waals surface area contributed by atoms with Crippen LogP contribution in [0.3, 0.4) is 0 Å². The van der Waals surface area contributed by atoms with Crippen molar-refractivity contribution in [1.82, 2.24) is 14.2 Å². The Labute approximate surface area is 696 Å².